The Balaban J connectivity index is 1.93. The number of aromatic hydroxyl groups is 1. The van der Waals surface area contributed by atoms with Gasteiger partial charge in [0.25, 0.3) is 0 Å². The Morgan fingerprint density at radius 1 is 0.917 bits per heavy atom. The highest BCUT2D eigenvalue weighted by Gasteiger charge is 2.33. The van der Waals surface area contributed by atoms with E-state index in [4.69, 9.17) is 0 Å². The third-order valence-corrected chi connectivity index (χ3v) is 3.56. The van der Waals surface area contributed by atoms with E-state index in [0.717, 1.165) is 16.8 Å². The first-order valence-electron chi connectivity index (χ1n) is 7.13. The molecule has 3 nitrogen and oxygen atoms in total. The number of hydrogen-bond acceptors (Lipinski definition) is 3. The van der Waals surface area contributed by atoms with Crippen molar-refractivity contribution in [2.45, 2.75) is 6.18 Å². The Labute approximate surface area is 136 Å². The van der Waals surface area contributed by atoms with Gasteiger partial charge in [-0.25, -0.2) is 0 Å². The van der Waals surface area contributed by atoms with Crippen LogP contribution in [0.5, 0.6) is 5.75 Å². The number of rotatable bonds is 3. The van der Waals surface area contributed by atoms with E-state index in [9.17, 15) is 18.3 Å². The third kappa shape index (κ3) is 3.17. The van der Waals surface area contributed by atoms with Crippen LogP contribution in [0, 0.1) is 0 Å². The predicted octanol–water partition coefficient (Wildman–Crippen LogP) is 5.01. The number of anilines is 1. The number of phenolic OH excluding ortho intramolecular Hbond substituents is 1. The van der Waals surface area contributed by atoms with E-state index in [1.807, 2.05) is 18.2 Å². The molecule has 2 N–H and O–H groups in total. The summed E-state index contributed by atoms with van der Waals surface area (Å²) in [5.74, 6) is 0.00311. The number of alkyl halides is 3. The van der Waals surface area contributed by atoms with Crippen LogP contribution in [0.2, 0.25) is 0 Å². The predicted molar refractivity (Wildman–Crippen MR) is 88.3 cm³/mol. The van der Waals surface area contributed by atoms with Crippen LogP contribution in [0.15, 0.2) is 65.8 Å². The number of hydrogen-bond donors (Lipinski definition) is 2. The van der Waals surface area contributed by atoms with E-state index < -0.39 is 11.7 Å². The number of nitrogens with zero attached hydrogens (tertiary/aromatic N) is 1. The second-order valence-corrected chi connectivity index (χ2v) is 5.13. The molecule has 0 aliphatic rings. The highest BCUT2D eigenvalue weighted by atomic mass is 19.4. The van der Waals surface area contributed by atoms with Crippen LogP contribution in [0.4, 0.5) is 18.9 Å². The average molecular weight is 330 g/mol. The topological polar surface area (TPSA) is 44.6 Å². The Morgan fingerprint density at radius 3 is 2.42 bits per heavy atom. The summed E-state index contributed by atoms with van der Waals surface area (Å²) in [5.41, 5.74) is 1.88. The molecule has 0 unspecified atom stereocenters. The maximum absolute atomic E-state index is 12.9. The molecular weight excluding hydrogens is 317 g/mol. The molecule has 6 heteroatoms. The Hall–Kier alpha value is -3.02. The first-order valence-corrected chi connectivity index (χ1v) is 7.13. The van der Waals surface area contributed by atoms with Crippen LogP contribution >= 0.6 is 0 Å². The molecule has 3 aromatic rings. The summed E-state index contributed by atoms with van der Waals surface area (Å²) >= 11 is 0. The quantitative estimate of drug-likeness (QED) is 0.524. The second kappa shape index (κ2) is 6.23. The molecular formula is C18H13F3N2O. The van der Waals surface area contributed by atoms with Gasteiger partial charge in [-0.3, -0.25) is 5.43 Å². The minimum Gasteiger partial charge on any atom is -0.507 e. The number of halogens is 3. The first-order chi connectivity index (χ1) is 11.5. The molecule has 122 valence electrons. The summed E-state index contributed by atoms with van der Waals surface area (Å²) in [6.45, 7) is 0. The summed E-state index contributed by atoms with van der Waals surface area (Å²) in [4.78, 5) is 0. The van der Waals surface area contributed by atoms with Gasteiger partial charge in [-0.1, -0.05) is 42.5 Å². The van der Waals surface area contributed by atoms with Gasteiger partial charge in [-0.2, -0.15) is 18.3 Å². The maximum Gasteiger partial charge on any atom is 0.418 e. The van der Waals surface area contributed by atoms with E-state index in [-0.39, 0.29) is 11.4 Å². The van der Waals surface area contributed by atoms with Crippen LogP contribution in [-0.2, 0) is 6.18 Å². The number of nitrogens with one attached hydrogen (secondary N) is 1. The maximum atomic E-state index is 12.9. The molecule has 0 heterocycles. The molecule has 0 spiro atoms. The summed E-state index contributed by atoms with van der Waals surface area (Å²) in [5, 5.41) is 15.5. The molecule has 0 aliphatic heterocycles. The fraction of sp³-hybridized carbons (Fsp3) is 0.0556. The molecule has 0 amide bonds. The largest absolute Gasteiger partial charge is 0.507 e. The molecule has 0 radical (unpaired) electrons. The Morgan fingerprint density at radius 2 is 1.62 bits per heavy atom. The van der Waals surface area contributed by atoms with Gasteiger partial charge in [0.15, 0.2) is 0 Å². The van der Waals surface area contributed by atoms with Crippen molar-refractivity contribution in [2.24, 2.45) is 5.10 Å². The van der Waals surface area contributed by atoms with Crippen molar-refractivity contribution in [1.82, 2.24) is 0 Å². The van der Waals surface area contributed by atoms with Gasteiger partial charge in [-0.15, -0.1) is 0 Å². The molecule has 0 saturated carbocycles. The van der Waals surface area contributed by atoms with Gasteiger partial charge in [0.2, 0.25) is 0 Å². The number of phenols is 1. The number of fused-ring (bicyclic) bond motifs is 1. The molecule has 0 aromatic heterocycles. The van der Waals surface area contributed by atoms with Gasteiger partial charge < -0.3 is 5.11 Å². The highest BCUT2D eigenvalue weighted by Crippen LogP contribution is 2.34. The van der Waals surface area contributed by atoms with E-state index in [1.165, 1.54) is 30.5 Å². The smallest absolute Gasteiger partial charge is 0.418 e. The van der Waals surface area contributed by atoms with Crippen molar-refractivity contribution in [3.8, 4) is 5.75 Å². The van der Waals surface area contributed by atoms with Gasteiger partial charge in [0.1, 0.15) is 5.75 Å². The van der Waals surface area contributed by atoms with Crippen LogP contribution < -0.4 is 5.43 Å². The number of benzene rings is 3. The van der Waals surface area contributed by atoms with Crippen molar-refractivity contribution in [3.63, 3.8) is 0 Å². The van der Waals surface area contributed by atoms with Crippen molar-refractivity contribution in [1.29, 1.82) is 0 Å². The second-order valence-electron chi connectivity index (χ2n) is 5.13. The molecule has 0 atom stereocenters. The molecule has 3 aromatic carbocycles. The lowest BCUT2D eigenvalue weighted by Gasteiger charge is -2.11. The minimum absolute atomic E-state index is 0.00311. The lowest BCUT2D eigenvalue weighted by molar-refractivity contribution is -0.136. The summed E-state index contributed by atoms with van der Waals surface area (Å²) in [6, 6.07) is 15.7. The summed E-state index contributed by atoms with van der Waals surface area (Å²) in [6.07, 6.45) is -3.16. The standard InChI is InChI=1S/C18H13F3N2O/c19-18(20,21)15-7-3-4-8-16(15)23-22-11-14-13-6-2-1-5-12(13)9-10-17(14)24/h1-11,23-24H. The van der Waals surface area contributed by atoms with Crippen LogP contribution in [0.25, 0.3) is 10.8 Å². The van der Waals surface area contributed by atoms with Gasteiger partial charge in [0.05, 0.1) is 17.5 Å². The first kappa shape index (κ1) is 15.9. The minimum atomic E-state index is -4.47. The lowest BCUT2D eigenvalue weighted by atomic mass is 10.0. The fourth-order valence-corrected chi connectivity index (χ4v) is 2.41. The highest BCUT2D eigenvalue weighted by molar-refractivity contribution is 6.02. The number of hydrazone groups is 1. The van der Waals surface area contributed by atoms with Gasteiger partial charge in [-0.05, 0) is 29.0 Å². The van der Waals surface area contributed by atoms with Crippen molar-refractivity contribution >= 4 is 22.7 Å². The molecule has 0 saturated heterocycles. The zero-order chi connectivity index (χ0) is 17.2. The lowest BCUT2D eigenvalue weighted by Crippen LogP contribution is -2.08. The summed E-state index contributed by atoms with van der Waals surface area (Å²) < 4.78 is 38.8. The average Bonchev–Trinajstić information content (AvgIpc) is 2.56. The summed E-state index contributed by atoms with van der Waals surface area (Å²) in [7, 11) is 0. The van der Waals surface area contributed by atoms with Crippen molar-refractivity contribution < 1.29 is 18.3 Å². The van der Waals surface area contributed by atoms with Crippen molar-refractivity contribution in [2.75, 3.05) is 5.43 Å². The molecule has 0 fully saturated rings. The van der Waals surface area contributed by atoms with E-state index >= 15 is 0 Å². The van der Waals surface area contributed by atoms with E-state index in [0.29, 0.717) is 5.56 Å². The van der Waals surface area contributed by atoms with Crippen molar-refractivity contribution in [3.05, 3.63) is 71.8 Å². The Kier molecular flexibility index (Phi) is 4.12. The Bertz CT molecular complexity index is 904. The molecule has 3 rings (SSSR count). The molecule has 0 bridgehead atoms. The van der Waals surface area contributed by atoms with Crippen LogP contribution in [0.1, 0.15) is 11.1 Å². The number of para-hydroxylation sites is 1. The zero-order valence-corrected chi connectivity index (χ0v) is 12.4. The van der Waals surface area contributed by atoms with E-state index in [1.54, 1.807) is 12.1 Å². The van der Waals surface area contributed by atoms with Gasteiger partial charge >= 0.3 is 6.18 Å². The monoisotopic (exact) mass is 330 g/mol. The SMILES string of the molecule is Oc1ccc2ccccc2c1C=NNc1ccccc1C(F)(F)F. The van der Waals surface area contributed by atoms with Crippen LogP contribution in [0.3, 0.4) is 0 Å². The fourth-order valence-electron chi connectivity index (χ4n) is 2.41. The molecule has 24 heavy (non-hydrogen) atoms. The normalized spacial score (nSPS) is 12.0. The van der Waals surface area contributed by atoms with Gasteiger partial charge in [0, 0.05) is 5.56 Å². The molecule has 0 aliphatic carbocycles. The van der Waals surface area contributed by atoms with Crippen LogP contribution in [-0.4, -0.2) is 11.3 Å². The third-order valence-electron chi connectivity index (χ3n) is 3.56. The van der Waals surface area contributed by atoms with E-state index in [2.05, 4.69) is 10.5 Å². The zero-order valence-electron chi connectivity index (χ0n) is 12.4.